The molecule has 3 rings (SSSR count). The number of amides is 1. The Kier molecular flexibility index (Phi) is 3.68. The van der Waals surface area contributed by atoms with Gasteiger partial charge in [-0.05, 0) is 37.5 Å². The summed E-state index contributed by atoms with van der Waals surface area (Å²) in [6, 6.07) is 5.48. The molecule has 0 aromatic heterocycles. The van der Waals surface area contributed by atoms with Crippen molar-refractivity contribution in [2.24, 2.45) is 5.92 Å². The Labute approximate surface area is 122 Å². The zero-order valence-corrected chi connectivity index (χ0v) is 11.8. The van der Waals surface area contributed by atoms with E-state index in [0.717, 1.165) is 18.4 Å². The first kappa shape index (κ1) is 13.7. The Hall–Kier alpha value is -2.24. The van der Waals surface area contributed by atoms with Crippen LogP contribution in [0.2, 0.25) is 0 Å². The van der Waals surface area contributed by atoms with Gasteiger partial charge in [-0.1, -0.05) is 6.07 Å². The van der Waals surface area contributed by atoms with Crippen molar-refractivity contribution >= 4 is 11.9 Å². The van der Waals surface area contributed by atoms with Crippen LogP contribution in [-0.2, 0) is 20.9 Å². The minimum Gasteiger partial charge on any atom is -0.454 e. The summed E-state index contributed by atoms with van der Waals surface area (Å²) >= 11 is 0. The molecule has 1 atom stereocenters. The number of fused-ring (bicyclic) bond motifs is 1. The molecule has 1 amide bonds. The molecule has 2 aliphatic rings. The fraction of sp³-hybridized carbons (Fsp3) is 0.467. The molecule has 1 aromatic rings. The molecule has 1 N–H and O–H groups in total. The smallest absolute Gasteiger partial charge is 0.309 e. The molecule has 6 heteroatoms. The maximum Gasteiger partial charge on any atom is 0.309 e. The van der Waals surface area contributed by atoms with Crippen molar-refractivity contribution in [1.82, 2.24) is 5.32 Å². The van der Waals surface area contributed by atoms with Crippen LogP contribution in [0.1, 0.15) is 25.3 Å². The van der Waals surface area contributed by atoms with Crippen LogP contribution in [0.15, 0.2) is 18.2 Å². The molecule has 21 heavy (non-hydrogen) atoms. The first-order chi connectivity index (χ1) is 10.1. The number of ether oxygens (including phenoxy) is 3. The van der Waals surface area contributed by atoms with Crippen LogP contribution in [0.4, 0.5) is 0 Å². The Balaban J connectivity index is 1.49. The van der Waals surface area contributed by atoms with E-state index in [4.69, 9.17) is 14.2 Å². The fourth-order valence-electron chi connectivity index (χ4n) is 2.03. The third-order valence-corrected chi connectivity index (χ3v) is 3.48. The second-order valence-corrected chi connectivity index (χ2v) is 5.26. The van der Waals surface area contributed by atoms with Gasteiger partial charge in [0.05, 0.1) is 5.92 Å². The van der Waals surface area contributed by atoms with Crippen LogP contribution < -0.4 is 14.8 Å². The van der Waals surface area contributed by atoms with Crippen molar-refractivity contribution in [3.63, 3.8) is 0 Å². The zero-order chi connectivity index (χ0) is 14.8. The second-order valence-electron chi connectivity index (χ2n) is 5.26. The topological polar surface area (TPSA) is 73.9 Å². The Morgan fingerprint density at radius 1 is 1.33 bits per heavy atom. The number of carbonyl (C=O) groups excluding carboxylic acids is 2. The summed E-state index contributed by atoms with van der Waals surface area (Å²) in [5, 5.41) is 2.74. The molecule has 1 aliphatic heterocycles. The second kappa shape index (κ2) is 5.63. The average Bonchev–Trinajstić information content (AvgIpc) is 3.23. The highest BCUT2D eigenvalue weighted by atomic mass is 16.7. The highest BCUT2D eigenvalue weighted by molar-refractivity contribution is 5.84. The molecule has 1 aliphatic carbocycles. The van der Waals surface area contributed by atoms with Crippen LogP contribution in [0.3, 0.4) is 0 Å². The number of esters is 1. The van der Waals surface area contributed by atoms with E-state index >= 15 is 0 Å². The van der Waals surface area contributed by atoms with Crippen LogP contribution in [-0.4, -0.2) is 24.8 Å². The lowest BCUT2D eigenvalue weighted by atomic mass is 10.2. The van der Waals surface area contributed by atoms with Crippen molar-refractivity contribution < 1.29 is 23.8 Å². The van der Waals surface area contributed by atoms with Gasteiger partial charge in [0.2, 0.25) is 6.79 Å². The van der Waals surface area contributed by atoms with Gasteiger partial charge in [-0.15, -0.1) is 0 Å². The SMILES string of the molecule is C[C@@H](OC(=O)C1CC1)C(=O)NCc1ccc2c(c1)OCO2. The lowest BCUT2D eigenvalue weighted by molar-refractivity contribution is -0.156. The number of rotatable bonds is 5. The van der Waals surface area contributed by atoms with Gasteiger partial charge in [0.15, 0.2) is 17.6 Å². The Morgan fingerprint density at radius 2 is 2.10 bits per heavy atom. The summed E-state index contributed by atoms with van der Waals surface area (Å²) in [4.78, 5) is 23.4. The zero-order valence-electron chi connectivity index (χ0n) is 11.8. The van der Waals surface area contributed by atoms with Crippen LogP contribution in [0.5, 0.6) is 11.5 Å². The van der Waals surface area contributed by atoms with Crippen molar-refractivity contribution in [1.29, 1.82) is 0 Å². The Bertz CT molecular complexity index is 567. The Morgan fingerprint density at radius 3 is 2.86 bits per heavy atom. The fourth-order valence-corrected chi connectivity index (χ4v) is 2.03. The quantitative estimate of drug-likeness (QED) is 0.829. The number of nitrogens with one attached hydrogen (secondary N) is 1. The largest absolute Gasteiger partial charge is 0.454 e. The van der Waals surface area contributed by atoms with Crippen LogP contribution in [0, 0.1) is 5.92 Å². The highest BCUT2D eigenvalue weighted by Crippen LogP contribution is 2.32. The van der Waals surface area contributed by atoms with Gasteiger partial charge in [0, 0.05) is 6.54 Å². The van der Waals surface area contributed by atoms with Gasteiger partial charge >= 0.3 is 5.97 Å². The molecule has 0 radical (unpaired) electrons. The van der Waals surface area contributed by atoms with Crippen LogP contribution in [0.25, 0.3) is 0 Å². The summed E-state index contributed by atoms with van der Waals surface area (Å²) in [5.41, 5.74) is 0.897. The third kappa shape index (κ3) is 3.26. The van der Waals surface area contributed by atoms with Crippen molar-refractivity contribution in [3.8, 4) is 11.5 Å². The van der Waals surface area contributed by atoms with E-state index < -0.39 is 6.10 Å². The van der Waals surface area contributed by atoms with Crippen molar-refractivity contribution in [2.75, 3.05) is 6.79 Å². The average molecular weight is 291 g/mol. The molecular formula is C15H17NO5. The molecular weight excluding hydrogens is 274 g/mol. The number of hydrogen-bond acceptors (Lipinski definition) is 5. The molecule has 6 nitrogen and oxygen atoms in total. The van der Waals surface area contributed by atoms with Gasteiger partial charge in [0.25, 0.3) is 5.91 Å². The first-order valence-corrected chi connectivity index (χ1v) is 7.00. The van der Waals surface area contributed by atoms with Gasteiger partial charge < -0.3 is 19.5 Å². The molecule has 1 heterocycles. The van der Waals surface area contributed by atoms with E-state index in [1.165, 1.54) is 0 Å². The standard InChI is InChI=1S/C15H17NO5/c1-9(21-15(18)11-3-4-11)14(17)16-7-10-2-5-12-13(6-10)20-8-19-12/h2,5-6,9,11H,3-4,7-8H2,1H3,(H,16,17)/t9-/m1/s1. The summed E-state index contributed by atoms with van der Waals surface area (Å²) in [7, 11) is 0. The molecule has 0 unspecified atom stereocenters. The lowest BCUT2D eigenvalue weighted by Gasteiger charge is -2.13. The predicted octanol–water partition coefficient (Wildman–Crippen LogP) is 1.37. The summed E-state index contributed by atoms with van der Waals surface area (Å²) in [6.07, 6.45) is 0.960. The van der Waals surface area contributed by atoms with Gasteiger partial charge in [-0.3, -0.25) is 9.59 Å². The van der Waals surface area contributed by atoms with Gasteiger partial charge in [0.1, 0.15) is 0 Å². The molecule has 0 saturated heterocycles. The minimum absolute atomic E-state index is 0.00545. The van der Waals surface area contributed by atoms with Crippen molar-refractivity contribution in [3.05, 3.63) is 23.8 Å². The molecule has 0 spiro atoms. The van der Waals surface area contributed by atoms with E-state index in [2.05, 4.69) is 5.32 Å². The van der Waals surface area contributed by atoms with E-state index in [0.29, 0.717) is 18.0 Å². The van der Waals surface area contributed by atoms with E-state index in [1.807, 2.05) is 12.1 Å². The normalized spacial score (nSPS) is 17.2. The minimum atomic E-state index is -0.771. The maximum atomic E-state index is 11.9. The summed E-state index contributed by atoms with van der Waals surface area (Å²) < 4.78 is 15.6. The lowest BCUT2D eigenvalue weighted by Crippen LogP contribution is -2.35. The van der Waals surface area contributed by atoms with Gasteiger partial charge in [-0.25, -0.2) is 0 Å². The molecule has 1 saturated carbocycles. The molecule has 112 valence electrons. The number of benzene rings is 1. The maximum absolute atomic E-state index is 11.9. The summed E-state index contributed by atoms with van der Waals surface area (Å²) in [5.74, 6) is 0.795. The van der Waals surface area contributed by atoms with E-state index in [-0.39, 0.29) is 24.6 Å². The first-order valence-electron chi connectivity index (χ1n) is 7.00. The molecule has 1 fully saturated rings. The molecule has 0 bridgehead atoms. The van der Waals surface area contributed by atoms with Crippen molar-refractivity contribution in [2.45, 2.75) is 32.4 Å². The van der Waals surface area contributed by atoms with Gasteiger partial charge in [-0.2, -0.15) is 0 Å². The predicted molar refractivity (Wildman–Crippen MR) is 72.7 cm³/mol. The number of hydrogen-bond donors (Lipinski definition) is 1. The third-order valence-electron chi connectivity index (χ3n) is 3.48. The molecule has 1 aromatic carbocycles. The number of carbonyl (C=O) groups is 2. The van der Waals surface area contributed by atoms with Crippen LogP contribution >= 0.6 is 0 Å². The highest BCUT2D eigenvalue weighted by Gasteiger charge is 2.33. The van der Waals surface area contributed by atoms with E-state index in [9.17, 15) is 9.59 Å². The van der Waals surface area contributed by atoms with E-state index in [1.54, 1.807) is 13.0 Å². The summed E-state index contributed by atoms with van der Waals surface area (Å²) in [6.45, 7) is 2.15. The monoisotopic (exact) mass is 291 g/mol.